The highest BCUT2D eigenvalue weighted by Crippen LogP contribution is 2.27. The maximum Gasteiger partial charge on any atom is 0.303 e. The van der Waals surface area contributed by atoms with E-state index < -0.39 is 5.97 Å². The van der Waals surface area contributed by atoms with E-state index in [1.807, 2.05) is 12.1 Å². The minimum Gasteiger partial charge on any atom is -0.481 e. The van der Waals surface area contributed by atoms with Crippen molar-refractivity contribution < 1.29 is 9.90 Å². The lowest BCUT2D eigenvalue weighted by Gasteiger charge is -2.23. The Balaban J connectivity index is 1.75. The van der Waals surface area contributed by atoms with Crippen molar-refractivity contribution in [3.05, 3.63) is 41.7 Å². The molecule has 98 valence electrons. The number of carbonyl (C=O) groups is 1. The topological polar surface area (TPSA) is 56.3 Å². The molecule has 0 atom stereocenters. The highest BCUT2D eigenvalue weighted by molar-refractivity contribution is 5.90. The molecular weight excluding hydrogens is 240 g/mol. The van der Waals surface area contributed by atoms with E-state index in [1.54, 1.807) is 0 Å². The molecule has 2 aromatic rings. The number of aromatic amines is 1. The van der Waals surface area contributed by atoms with Crippen LogP contribution < -0.4 is 0 Å². The normalized spacial score (nSPS) is 13.8. The molecule has 4 heteroatoms. The summed E-state index contributed by atoms with van der Waals surface area (Å²) in [5.74, 6) is -0.729. The summed E-state index contributed by atoms with van der Waals surface area (Å²) in [5, 5.41) is 9.90. The van der Waals surface area contributed by atoms with E-state index in [0.717, 1.165) is 18.6 Å². The van der Waals surface area contributed by atoms with E-state index in [0.29, 0.717) is 6.42 Å². The van der Waals surface area contributed by atoms with Gasteiger partial charge in [-0.3, -0.25) is 4.79 Å². The molecule has 1 aromatic heterocycles. The van der Waals surface area contributed by atoms with E-state index >= 15 is 0 Å². The van der Waals surface area contributed by atoms with Gasteiger partial charge >= 0.3 is 5.97 Å². The zero-order valence-corrected chi connectivity index (χ0v) is 10.6. The molecule has 19 heavy (non-hydrogen) atoms. The van der Waals surface area contributed by atoms with Crippen LogP contribution in [-0.4, -0.2) is 27.5 Å². The summed E-state index contributed by atoms with van der Waals surface area (Å²) in [5.41, 5.74) is 3.62. The molecule has 0 unspecified atom stereocenters. The molecule has 2 heterocycles. The minimum absolute atomic E-state index is 0.226. The second kappa shape index (κ2) is 4.80. The molecule has 0 saturated carbocycles. The molecule has 0 bridgehead atoms. The lowest BCUT2D eigenvalue weighted by atomic mass is 10.1. The number of para-hydroxylation sites is 1. The number of hydrogen-bond donors (Lipinski definition) is 2. The fourth-order valence-electron chi connectivity index (χ4n) is 2.56. The van der Waals surface area contributed by atoms with E-state index in [-0.39, 0.29) is 6.42 Å². The molecule has 1 aliphatic heterocycles. The first kappa shape index (κ1) is 11.8. The number of nitrogens with one attached hydrogen (secondary N) is 1. The Morgan fingerprint density at radius 1 is 1.37 bits per heavy atom. The van der Waals surface area contributed by atoms with Crippen molar-refractivity contribution in [2.24, 2.45) is 0 Å². The first-order chi connectivity index (χ1) is 9.24. The molecule has 0 saturated heterocycles. The number of aromatic nitrogens is 1. The molecule has 4 nitrogen and oxygen atoms in total. The zero-order valence-electron chi connectivity index (χ0n) is 10.6. The fourth-order valence-corrected chi connectivity index (χ4v) is 2.56. The molecule has 0 radical (unpaired) electrons. The maximum atomic E-state index is 10.5. The van der Waals surface area contributed by atoms with E-state index in [1.165, 1.54) is 16.6 Å². The van der Waals surface area contributed by atoms with Gasteiger partial charge in [0.1, 0.15) is 0 Å². The van der Waals surface area contributed by atoms with Crippen LogP contribution in [0, 0.1) is 0 Å². The second-order valence-electron chi connectivity index (χ2n) is 4.85. The summed E-state index contributed by atoms with van der Waals surface area (Å²) in [6.45, 7) is 1.59. The predicted molar refractivity (Wildman–Crippen MR) is 74.6 cm³/mol. The highest BCUT2D eigenvalue weighted by Gasteiger charge is 2.15. The van der Waals surface area contributed by atoms with E-state index in [4.69, 9.17) is 5.11 Å². The first-order valence-electron chi connectivity index (χ1n) is 6.47. The van der Waals surface area contributed by atoms with Crippen LogP contribution in [-0.2, 0) is 11.3 Å². The summed E-state index contributed by atoms with van der Waals surface area (Å²) < 4.78 is 0. The Kier molecular flexibility index (Phi) is 2.99. The molecule has 3 rings (SSSR count). The van der Waals surface area contributed by atoms with E-state index in [2.05, 4.69) is 34.3 Å². The predicted octanol–water partition coefficient (Wildman–Crippen LogP) is 2.82. The van der Waals surface area contributed by atoms with Crippen LogP contribution >= 0.6 is 0 Å². The third-order valence-electron chi connectivity index (χ3n) is 3.48. The van der Waals surface area contributed by atoms with Crippen LogP contribution in [0.25, 0.3) is 17.0 Å². The highest BCUT2D eigenvalue weighted by atomic mass is 16.4. The van der Waals surface area contributed by atoms with Gasteiger partial charge in [-0.1, -0.05) is 18.2 Å². The smallest absolute Gasteiger partial charge is 0.303 e. The molecule has 0 spiro atoms. The van der Waals surface area contributed by atoms with Crippen molar-refractivity contribution in [1.82, 2.24) is 9.88 Å². The van der Waals surface area contributed by atoms with Crippen molar-refractivity contribution in [2.75, 3.05) is 6.54 Å². The fraction of sp³-hybridized carbons (Fsp3) is 0.267. The van der Waals surface area contributed by atoms with Gasteiger partial charge in [0.05, 0.1) is 6.54 Å². The largest absolute Gasteiger partial charge is 0.481 e. The number of carboxylic acids is 1. The first-order valence-corrected chi connectivity index (χ1v) is 6.47. The van der Waals surface area contributed by atoms with Crippen molar-refractivity contribution in [3.8, 4) is 0 Å². The molecule has 0 amide bonds. The van der Waals surface area contributed by atoms with Gasteiger partial charge in [-0.2, -0.15) is 0 Å². The van der Waals surface area contributed by atoms with Gasteiger partial charge in [0.2, 0.25) is 0 Å². The van der Waals surface area contributed by atoms with E-state index in [9.17, 15) is 4.79 Å². The summed E-state index contributed by atoms with van der Waals surface area (Å²) in [6.07, 6.45) is 5.07. The van der Waals surface area contributed by atoms with Gasteiger partial charge in [0.15, 0.2) is 0 Å². The average Bonchev–Trinajstić information content (AvgIpc) is 2.76. The molecule has 1 aliphatic rings. The molecule has 1 aromatic carbocycles. The zero-order chi connectivity index (χ0) is 13.2. The molecule has 0 aliphatic carbocycles. The van der Waals surface area contributed by atoms with Crippen LogP contribution in [0.15, 0.2) is 30.5 Å². The van der Waals surface area contributed by atoms with Gasteiger partial charge in [0, 0.05) is 41.3 Å². The van der Waals surface area contributed by atoms with Crippen molar-refractivity contribution >= 4 is 22.9 Å². The Morgan fingerprint density at radius 3 is 3.05 bits per heavy atom. The van der Waals surface area contributed by atoms with Gasteiger partial charge in [-0.05, 0) is 18.6 Å². The monoisotopic (exact) mass is 256 g/mol. The lowest BCUT2D eigenvalue weighted by Crippen LogP contribution is -2.21. The number of benzene rings is 1. The Hall–Kier alpha value is -2.23. The van der Waals surface area contributed by atoms with Gasteiger partial charge in [0.25, 0.3) is 0 Å². The number of H-pyrrole nitrogens is 1. The van der Waals surface area contributed by atoms with Crippen LogP contribution in [0.2, 0.25) is 0 Å². The van der Waals surface area contributed by atoms with Crippen molar-refractivity contribution in [2.45, 2.75) is 19.4 Å². The second-order valence-corrected chi connectivity index (χ2v) is 4.85. The van der Waals surface area contributed by atoms with Crippen LogP contribution in [0.1, 0.15) is 24.1 Å². The Bertz CT molecular complexity index is 643. The number of fused-ring (bicyclic) bond motifs is 3. The summed E-state index contributed by atoms with van der Waals surface area (Å²) >= 11 is 0. The number of hydrogen-bond acceptors (Lipinski definition) is 2. The van der Waals surface area contributed by atoms with Crippen molar-refractivity contribution in [1.29, 1.82) is 0 Å². The standard InChI is InChI=1S/C15H16N2O2/c18-15(19)6-3-8-17-9-7-12-11-4-1-2-5-13(11)16-14(12)10-17/h1-2,4-5,7,9,16H,3,6,8,10H2,(H,18,19). The van der Waals surface area contributed by atoms with Gasteiger partial charge < -0.3 is 15.0 Å². The summed E-state index contributed by atoms with van der Waals surface area (Å²) in [6, 6.07) is 8.27. The summed E-state index contributed by atoms with van der Waals surface area (Å²) in [7, 11) is 0. The SMILES string of the molecule is O=C(O)CCCN1C=Cc2c([nH]c3ccccc23)C1. The molecule has 2 N–H and O–H groups in total. The number of rotatable bonds is 4. The quantitative estimate of drug-likeness (QED) is 0.884. The maximum absolute atomic E-state index is 10.5. The number of carboxylic acid groups (broad SMARTS) is 1. The number of aliphatic carboxylic acids is 1. The molecule has 0 fully saturated rings. The minimum atomic E-state index is -0.729. The third kappa shape index (κ3) is 2.34. The van der Waals surface area contributed by atoms with Gasteiger partial charge in [-0.15, -0.1) is 0 Å². The van der Waals surface area contributed by atoms with Crippen LogP contribution in [0.4, 0.5) is 0 Å². The van der Waals surface area contributed by atoms with Crippen LogP contribution in [0.5, 0.6) is 0 Å². The number of nitrogens with zero attached hydrogens (tertiary/aromatic N) is 1. The molecular formula is C15H16N2O2. The third-order valence-corrected chi connectivity index (χ3v) is 3.48. The van der Waals surface area contributed by atoms with Gasteiger partial charge in [-0.25, -0.2) is 0 Å². The Labute approximate surface area is 111 Å². The van der Waals surface area contributed by atoms with Crippen molar-refractivity contribution in [3.63, 3.8) is 0 Å². The lowest BCUT2D eigenvalue weighted by molar-refractivity contribution is -0.137. The average molecular weight is 256 g/mol. The Morgan fingerprint density at radius 2 is 2.21 bits per heavy atom. The summed E-state index contributed by atoms with van der Waals surface area (Å²) in [4.78, 5) is 16.1. The van der Waals surface area contributed by atoms with Crippen LogP contribution in [0.3, 0.4) is 0 Å².